The molecule has 2 heterocycles. The minimum Gasteiger partial charge on any atom is -0.494 e. The zero-order chi connectivity index (χ0) is 29.1. The highest BCUT2D eigenvalue weighted by atomic mass is 16.7. The van der Waals surface area contributed by atoms with E-state index in [9.17, 15) is 9.59 Å². The summed E-state index contributed by atoms with van der Waals surface area (Å²) in [5.74, 6) is 0.335. The molecule has 0 N–H and O–H groups in total. The van der Waals surface area contributed by atoms with Crippen molar-refractivity contribution in [2.24, 2.45) is 5.92 Å². The summed E-state index contributed by atoms with van der Waals surface area (Å²) in [7, 11) is 0. The zero-order valence-electron chi connectivity index (χ0n) is 23.5. The number of fused-ring (bicyclic) bond motifs is 1. The number of anilines is 2. The Labute approximate surface area is 244 Å². The van der Waals surface area contributed by atoms with Gasteiger partial charge < -0.3 is 14.2 Å². The number of para-hydroxylation sites is 1. The van der Waals surface area contributed by atoms with Crippen molar-refractivity contribution >= 4 is 23.2 Å². The summed E-state index contributed by atoms with van der Waals surface area (Å²) in [5, 5.41) is 1.68. The molecule has 8 heteroatoms. The highest BCUT2D eigenvalue weighted by Crippen LogP contribution is 2.49. The minimum absolute atomic E-state index is 0.319. The Kier molecular flexibility index (Phi) is 7.79. The molecule has 0 saturated carbocycles. The first-order valence-corrected chi connectivity index (χ1v) is 14.1. The summed E-state index contributed by atoms with van der Waals surface area (Å²) in [6.07, 6.45) is -0.973. The van der Waals surface area contributed by atoms with E-state index in [4.69, 9.17) is 19.0 Å². The van der Waals surface area contributed by atoms with Gasteiger partial charge in [0.25, 0.3) is 5.91 Å². The summed E-state index contributed by atoms with van der Waals surface area (Å²) in [6.45, 7) is 5.15. The van der Waals surface area contributed by atoms with Crippen LogP contribution in [0.3, 0.4) is 0 Å². The molecule has 2 saturated heterocycles. The summed E-state index contributed by atoms with van der Waals surface area (Å²) in [6, 6.07) is 31.4. The molecule has 2 aliphatic rings. The maximum Gasteiger partial charge on any atom is 0.266 e. The number of hydrogen-bond donors (Lipinski definition) is 0. The molecule has 2 aliphatic heterocycles. The van der Waals surface area contributed by atoms with Crippen molar-refractivity contribution in [3.8, 4) is 17.2 Å². The lowest BCUT2D eigenvalue weighted by Crippen LogP contribution is -2.37. The molecule has 214 valence electrons. The zero-order valence-corrected chi connectivity index (χ0v) is 23.5. The average Bonchev–Trinajstić information content (AvgIpc) is 3.53. The van der Waals surface area contributed by atoms with Crippen LogP contribution < -0.4 is 24.2 Å². The van der Waals surface area contributed by atoms with Gasteiger partial charge in [-0.25, -0.2) is 9.96 Å². The third kappa shape index (κ3) is 5.17. The Morgan fingerprint density at radius 2 is 1.38 bits per heavy atom. The molecule has 42 heavy (non-hydrogen) atoms. The largest absolute Gasteiger partial charge is 0.494 e. The SMILES string of the molecule is CCOc1ccc(N2C(=O)[C@@H]3[C@H](ON(c4ccccc4)[C@H]3c3ccc(OCc4ccccc4)c(OCC)c3)C2=O)cc1. The Morgan fingerprint density at radius 1 is 0.690 bits per heavy atom. The quantitative estimate of drug-likeness (QED) is 0.215. The maximum absolute atomic E-state index is 14.0. The van der Waals surface area contributed by atoms with Crippen LogP contribution in [0.2, 0.25) is 0 Å². The summed E-state index contributed by atoms with van der Waals surface area (Å²) in [4.78, 5) is 35.2. The van der Waals surface area contributed by atoms with E-state index in [1.807, 2.05) is 92.7 Å². The molecule has 6 rings (SSSR count). The van der Waals surface area contributed by atoms with E-state index in [1.165, 1.54) is 4.90 Å². The molecule has 0 aromatic heterocycles. The Bertz CT molecular complexity index is 1540. The van der Waals surface area contributed by atoms with Crippen LogP contribution >= 0.6 is 0 Å². The first-order valence-electron chi connectivity index (χ1n) is 14.1. The number of hydrogen-bond acceptors (Lipinski definition) is 7. The fourth-order valence-corrected chi connectivity index (χ4v) is 5.50. The molecule has 0 bridgehead atoms. The van der Waals surface area contributed by atoms with Crippen molar-refractivity contribution in [2.75, 3.05) is 23.2 Å². The van der Waals surface area contributed by atoms with Crippen LogP contribution in [-0.2, 0) is 21.0 Å². The van der Waals surface area contributed by atoms with Crippen molar-refractivity contribution in [3.05, 3.63) is 114 Å². The standard InChI is InChI=1S/C34H32N2O6/c1-3-39-27-18-16-25(17-19-27)35-33(37)30-31(36(42-32(30)34(35)38)26-13-9-6-10-14-26)24-15-20-28(29(21-24)40-4-2)41-22-23-11-7-5-8-12-23/h5-21,30-32H,3-4,22H2,1-2H3/t30-,31-,32-/m0/s1. The number of ether oxygens (including phenoxy) is 3. The van der Waals surface area contributed by atoms with Crippen LogP contribution in [0.25, 0.3) is 0 Å². The van der Waals surface area contributed by atoms with Crippen molar-refractivity contribution in [3.63, 3.8) is 0 Å². The van der Waals surface area contributed by atoms with Crippen LogP contribution in [0.5, 0.6) is 17.2 Å². The van der Waals surface area contributed by atoms with Gasteiger partial charge in [0.05, 0.1) is 30.6 Å². The van der Waals surface area contributed by atoms with Crippen LogP contribution in [-0.4, -0.2) is 31.1 Å². The first kappa shape index (κ1) is 27.4. The van der Waals surface area contributed by atoms with Gasteiger partial charge >= 0.3 is 0 Å². The lowest BCUT2D eigenvalue weighted by molar-refractivity contribution is -0.126. The minimum atomic E-state index is -0.973. The van der Waals surface area contributed by atoms with Gasteiger partial charge in [-0.3, -0.25) is 14.4 Å². The Balaban J connectivity index is 1.35. The normalized spacial score (nSPS) is 19.6. The maximum atomic E-state index is 14.0. The monoisotopic (exact) mass is 564 g/mol. The Hall–Kier alpha value is -4.82. The highest BCUT2D eigenvalue weighted by Gasteiger charge is 2.60. The molecule has 8 nitrogen and oxygen atoms in total. The van der Waals surface area contributed by atoms with Crippen molar-refractivity contribution < 1.29 is 28.6 Å². The van der Waals surface area contributed by atoms with Gasteiger partial charge in [0.2, 0.25) is 5.91 Å². The van der Waals surface area contributed by atoms with Crippen LogP contribution in [0.1, 0.15) is 31.0 Å². The number of carbonyl (C=O) groups is 2. The van der Waals surface area contributed by atoms with Gasteiger partial charge in [-0.15, -0.1) is 0 Å². The molecule has 0 radical (unpaired) electrons. The predicted molar refractivity (Wildman–Crippen MR) is 159 cm³/mol. The fraction of sp³-hybridized carbons (Fsp3) is 0.235. The second-order valence-corrected chi connectivity index (χ2v) is 10.0. The molecule has 0 aliphatic carbocycles. The number of benzene rings is 4. The van der Waals surface area contributed by atoms with Crippen LogP contribution in [0.4, 0.5) is 11.4 Å². The van der Waals surface area contributed by atoms with Crippen molar-refractivity contribution in [1.82, 2.24) is 0 Å². The van der Waals surface area contributed by atoms with E-state index in [0.717, 1.165) is 16.8 Å². The van der Waals surface area contributed by atoms with E-state index in [2.05, 4.69) is 0 Å². The van der Waals surface area contributed by atoms with Gasteiger partial charge in [-0.2, -0.15) is 0 Å². The third-order valence-electron chi connectivity index (χ3n) is 7.38. The van der Waals surface area contributed by atoms with E-state index in [0.29, 0.717) is 42.8 Å². The average molecular weight is 565 g/mol. The highest BCUT2D eigenvalue weighted by molar-refractivity contribution is 6.24. The summed E-state index contributed by atoms with van der Waals surface area (Å²) in [5.41, 5.74) is 3.04. The molecular weight excluding hydrogens is 532 g/mol. The van der Waals surface area contributed by atoms with Gasteiger partial charge in [0, 0.05) is 0 Å². The number of imide groups is 1. The smallest absolute Gasteiger partial charge is 0.266 e. The lowest BCUT2D eigenvalue weighted by Gasteiger charge is -2.29. The van der Waals surface area contributed by atoms with E-state index in [1.54, 1.807) is 29.3 Å². The summed E-state index contributed by atoms with van der Waals surface area (Å²) < 4.78 is 17.6. The fourth-order valence-electron chi connectivity index (χ4n) is 5.50. The van der Waals surface area contributed by atoms with Crippen molar-refractivity contribution in [1.29, 1.82) is 0 Å². The topological polar surface area (TPSA) is 77.5 Å². The van der Waals surface area contributed by atoms with Crippen LogP contribution in [0, 0.1) is 5.92 Å². The van der Waals surface area contributed by atoms with Gasteiger partial charge in [-0.1, -0.05) is 54.6 Å². The molecule has 3 atom stereocenters. The van der Waals surface area contributed by atoms with Crippen molar-refractivity contribution in [2.45, 2.75) is 32.6 Å². The molecule has 2 fully saturated rings. The van der Waals surface area contributed by atoms with E-state index >= 15 is 0 Å². The number of carbonyl (C=O) groups excluding carboxylic acids is 2. The molecule has 4 aromatic carbocycles. The number of hydroxylamine groups is 1. The molecule has 4 aromatic rings. The van der Waals surface area contributed by atoms with Gasteiger partial charge in [0.1, 0.15) is 18.3 Å². The lowest BCUT2D eigenvalue weighted by atomic mass is 9.90. The molecule has 2 amide bonds. The molecule has 0 unspecified atom stereocenters. The van der Waals surface area contributed by atoms with Gasteiger partial charge in [-0.05, 0) is 73.5 Å². The first-order chi connectivity index (χ1) is 20.6. The van der Waals surface area contributed by atoms with Crippen LogP contribution in [0.15, 0.2) is 103 Å². The summed E-state index contributed by atoms with van der Waals surface area (Å²) >= 11 is 0. The number of amides is 2. The van der Waals surface area contributed by atoms with E-state index < -0.39 is 24.0 Å². The molecule has 0 spiro atoms. The molecular formula is C34H32N2O6. The second-order valence-electron chi connectivity index (χ2n) is 10.0. The Morgan fingerprint density at radius 3 is 2.07 bits per heavy atom. The van der Waals surface area contributed by atoms with Gasteiger partial charge in [0.15, 0.2) is 17.6 Å². The third-order valence-corrected chi connectivity index (χ3v) is 7.38. The second kappa shape index (κ2) is 12.0. The number of nitrogens with zero attached hydrogens (tertiary/aromatic N) is 2. The predicted octanol–water partition coefficient (Wildman–Crippen LogP) is 6.11. The number of rotatable bonds is 10. The van der Waals surface area contributed by atoms with E-state index in [-0.39, 0.29) is 5.91 Å².